The van der Waals surface area contributed by atoms with Gasteiger partial charge in [0.05, 0.1) is 25.3 Å². The zero-order valence-corrected chi connectivity index (χ0v) is 23.1. The van der Waals surface area contributed by atoms with Gasteiger partial charge < -0.3 is 14.6 Å². The van der Waals surface area contributed by atoms with Gasteiger partial charge in [-0.05, 0) is 67.6 Å². The first kappa shape index (κ1) is 27.0. The van der Waals surface area contributed by atoms with Crippen LogP contribution in [0.5, 0.6) is 11.5 Å². The lowest BCUT2D eigenvalue weighted by Crippen LogP contribution is -2.30. The summed E-state index contributed by atoms with van der Waals surface area (Å²) in [6.45, 7) is 12.4. The quantitative estimate of drug-likeness (QED) is 0.227. The van der Waals surface area contributed by atoms with Crippen LogP contribution in [0.3, 0.4) is 0 Å². The lowest BCUT2D eigenvalue weighted by atomic mass is 9.84. The Balaban J connectivity index is 2.01. The average molecular weight is 514 g/mol. The fraction of sp³-hybridized carbons (Fsp3) is 0.312. The van der Waals surface area contributed by atoms with E-state index in [0.717, 1.165) is 16.7 Å². The number of aliphatic hydroxyl groups excluding tert-OH is 1. The molecule has 6 heteroatoms. The molecular formula is C32H35NO5. The Morgan fingerprint density at radius 2 is 1.68 bits per heavy atom. The molecule has 198 valence electrons. The number of amides is 1. The van der Waals surface area contributed by atoms with Crippen LogP contribution >= 0.6 is 0 Å². The highest BCUT2D eigenvalue weighted by Gasteiger charge is 2.48. The molecule has 1 unspecified atom stereocenters. The second-order valence-corrected chi connectivity index (χ2v) is 10.6. The molecule has 1 heterocycles. The van der Waals surface area contributed by atoms with Crippen LogP contribution in [0.4, 0.5) is 5.69 Å². The molecule has 0 aliphatic carbocycles. The number of ketones is 1. The number of para-hydroxylation sites is 1. The normalized spacial score (nSPS) is 17.1. The number of carbonyl (C=O) groups is 2. The second-order valence-electron chi connectivity index (χ2n) is 10.6. The molecule has 6 nitrogen and oxygen atoms in total. The summed E-state index contributed by atoms with van der Waals surface area (Å²) in [6, 6.07) is 17.5. The third kappa shape index (κ3) is 4.78. The van der Waals surface area contributed by atoms with Gasteiger partial charge in [0.25, 0.3) is 11.7 Å². The van der Waals surface area contributed by atoms with Gasteiger partial charge in [-0.3, -0.25) is 14.5 Å². The molecule has 0 bridgehead atoms. The molecule has 1 fully saturated rings. The molecule has 4 rings (SSSR count). The highest BCUT2D eigenvalue weighted by Crippen LogP contribution is 2.46. The van der Waals surface area contributed by atoms with Crippen LogP contribution in [0.1, 0.15) is 61.6 Å². The molecule has 0 aromatic heterocycles. The van der Waals surface area contributed by atoms with Crippen molar-refractivity contribution < 1.29 is 24.2 Å². The van der Waals surface area contributed by atoms with Gasteiger partial charge in [0, 0.05) is 22.4 Å². The van der Waals surface area contributed by atoms with Gasteiger partial charge in [0.1, 0.15) is 17.3 Å². The van der Waals surface area contributed by atoms with Crippen LogP contribution in [0.2, 0.25) is 0 Å². The van der Waals surface area contributed by atoms with E-state index >= 15 is 0 Å². The van der Waals surface area contributed by atoms with Crippen molar-refractivity contribution >= 4 is 23.1 Å². The number of aliphatic hydroxyl groups is 1. The molecule has 1 saturated heterocycles. The van der Waals surface area contributed by atoms with Crippen LogP contribution in [-0.2, 0) is 15.0 Å². The van der Waals surface area contributed by atoms with E-state index in [2.05, 4.69) is 20.8 Å². The topological polar surface area (TPSA) is 76.1 Å². The van der Waals surface area contributed by atoms with Gasteiger partial charge in [0.2, 0.25) is 0 Å². The average Bonchev–Trinajstić information content (AvgIpc) is 3.14. The van der Waals surface area contributed by atoms with Crippen molar-refractivity contribution in [3.8, 4) is 11.5 Å². The van der Waals surface area contributed by atoms with Crippen molar-refractivity contribution in [1.82, 2.24) is 0 Å². The summed E-state index contributed by atoms with van der Waals surface area (Å²) in [4.78, 5) is 28.8. The molecule has 0 spiro atoms. The number of nitrogens with zero attached hydrogens (tertiary/aromatic N) is 1. The van der Waals surface area contributed by atoms with Gasteiger partial charge in [0.15, 0.2) is 0 Å². The van der Waals surface area contributed by atoms with E-state index in [0.29, 0.717) is 34.9 Å². The number of hydrogen-bond acceptors (Lipinski definition) is 5. The summed E-state index contributed by atoms with van der Waals surface area (Å²) in [5.74, 6) is -0.444. The van der Waals surface area contributed by atoms with E-state index in [1.807, 2.05) is 63.2 Å². The standard InChI is InChI=1S/C32H35NO5/c1-8-38-26-16-15-21(18-23(26)32(4,5)6)29(34)27-28(22-11-9-10-12-25(22)37-7)33(31(36)30(27)35)24-17-19(2)13-14-20(24)3/h9-18,28,34H,8H2,1-7H3/b29-27+. The third-order valence-corrected chi connectivity index (χ3v) is 6.86. The second kappa shape index (κ2) is 10.4. The number of anilines is 1. The Hall–Kier alpha value is -4.06. The van der Waals surface area contributed by atoms with Crippen LogP contribution in [0.25, 0.3) is 5.76 Å². The number of ether oxygens (including phenoxy) is 2. The molecular weight excluding hydrogens is 478 g/mol. The highest BCUT2D eigenvalue weighted by molar-refractivity contribution is 6.51. The summed E-state index contributed by atoms with van der Waals surface area (Å²) in [5.41, 5.74) is 4.08. The number of benzene rings is 3. The van der Waals surface area contributed by atoms with Gasteiger partial charge in [-0.2, -0.15) is 0 Å². The molecule has 1 aliphatic heterocycles. The van der Waals surface area contributed by atoms with E-state index in [4.69, 9.17) is 9.47 Å². The molecule has 1 amide bonds. The Morgan fingerprint density at radius 3 is 2.34 bits per heavy atom. The maximum absolute atomic E-state index is 13.7. The lowest BCUT2D eigenvalue weighted by molar-refractivity contribution is -0.132. The van der Waals surface area contributed by atoms with E-state index in [-0.39, 0.29) is 16.7 Å². The predicted molar refractivity (Wildman–Crippen MR) is 150 cm³/mol. The van der Waals surface area contributed by atoms with Crippen molar-refractivity contribution in [3.63, 3.8) is 0 Å². The number of rotatable bonds is 6. The molecule has 1 N–H and O–H groups in total. The number of hydrogen-bond donors (Lipinski definition) is 1. The van der Waals surface area contributed by atoms with Gasteiger partial charge in [-0.15, -0.1) is 0 Å². The largest absolute Gasteiger partial charge is 0.507 e. The molecule has 0 radical (unpaired) electrons. The highest BCUT2D eigenvalue weighted by atomic mass is 16.5. The molecule has 1 aliphatic rings. The van der Waals surface area contributed by atoms with Gasteiger partial charge >= 0.3 is 0 Å². The van der Waals surface area contributed by atoms with Crippen LogP contribution in [0, 0.1) is 13.8 Å². The minimum absolute atomic E-state index is 0.0180. The first-order chi connectivity index (χ1) is 18.0. The third-order valence-electron chi connectivity index (χ3n) is 6.86. The summed E-state index contributed by atoms with van der Waals surface area (Å²) in [7, 11) is 1.55. The number of methoxy groups -OCH3 is 1. The minimum Gasteiger partial charge on any atom is -0.507 e. The minimum atomic E-state index is -0.878. The number of Topliss-reactive ketones (excluding diaryl/α,β-unsaturated/α-hetero) is 1. The summed E-state index contributed by atoms with van der Waals surface area (Å²) in [5, 5.41) is 11.7. The number of carbonyl (C=O) groups excluding carboxylic acids is 2. The Morgan fingerprint density at radius 1 is 0.974 bits per heavy atom. The summed E-state index contributed by atoms with van der Waals surface area (Å²) >= 11 is 0. The van der Waals surface area contributed by atoms with Gasteiger partial charge in [-0.25, -0.2) is 0 Å². The Kier molecular flexibility index (Phi) is 7.36. The monoisotopic (exact) mass is 513 g/mol. The maximum atomic E-state index is 13.7. The molecule has 1 atom stereocenters. The first-order valence-electron chi connectivity index (χ1n) is 12.8. The van der Waals surface area contributed by atoms with E-state index in [1.165, 1.54) is 4.90 Å². The van der Waals surface area contributed by atoms with Crippen molar-refractivity contribution in [2.24, 2.45) is 0 Å². The number of aryl methyl sites for hydroxylation is 2. The summed E-state index contributed by atoms with van der Waals surface area (Å²) < 4.78 is 11.5. The Bertz CT molecular complexity index is 1430. The van der Waals surface area contributed by atoms with Crippen LogP contribution in [0.15, 0.2) is 66.2 Å². The van der Waals surface area contributed by atoms with Crippen molar-refractivity contribution in [3.05, 3.63) is 94.1 Å². The van der Waals surface area contributed by atoms with E-state index in [9.17, 15) is 14.7 Å². The predicted octanol–water partition coefficient (Wildman–Crippen LogP) is 6.63. The van der Waals surface area contributed by atoms with Crippen LogP contribution in [-0.4, -0.2) is 30.5 Å². The van der Waals surface area contributed by atoms with E-state index in [1.54, 1.807) is 25.3 Å². The zero-order valence-electron chi connectivity index (χ0n) is 23.1. The van der Waals surface area contributed by atoms with Crippen molar-refractivity contribution in [2.45, 2.75) is 53.0 Å². The molecule has 0 saturated carbocycles. The van der Waals surface area contributed by atoms with Crippen molar-refractivity contribution in [1.29, 1.82) is 0 Å². The SMILES string of the molecule is CCOc1ccc(/C(O)=C2\C(=O)C(=O)N(c3cc(C)ccc3C)C2c2ccccc2OC)cc1C(C)(C)C. The fourth-order valence-electron chi connectivity index (χ4n) is 4.95. The molecule has 3 aromatic rings. The summed E-state index contributed by atoms with van der Waals surface area (Å²) in [6.07, 6.45) is 0. The lowest BCUT2D eigenvalue weighted by Gasteiger charge is -2.28. The molecule has 38 heavy (non-hydrogen) atoms. The first-order valence-corrected chi connectivity index (χ1v) is 12.8. The zero-order chi connectivity index (χ0) is 27.8. The smallest absolute Gasteiger partial charge is 0.300 e. The molecule has 3 aromatic carbocycles. The Labute approximate surface area is 224 Å². The van der Waals surface area contributed by atoms with Crippen LogP contribution < -0.4 is 14.4 Å². The van der Waals surface area contributed by atoms with E-state index < -0.39 is 17.7 Å². The van der Waals surface area contributed by atoms with Crippen molar-refractivity contribution in [2.75, 3.05) is 18.6 Å². The maximum Gasteiger partial charge on any atom is 0.300 e. The van der Waals surface area contributed by atoms with Gasteiger partial charge in [-0.1, -0.05) is 51.1 Å². The fourth-order valence-corrected chi connectivity index (χ4v) is 4.95.